The van der Waals surface area contributed by atoms with Crippen LogP contribution in [0.15, 0.2) is 24.3 Å². The number of fused-ring (bicyclic) bond motifs is 1. The van der Waals surface area contributed by atoms with E-state index < -0.39 is 0 Å². The number of allylic oxidation sites excluding steroid dienone is 2. The van der Waals surface area contributed by atoms with E-state index >= 15 is 0 Å². The lowest BCUT2D eigenvalue weighted by Crippen LogP contribution is -2.25. The predicted molar refractivity (Wildman–Crippen MR) is 94.1 cm³/mol. The van der Waals surface area contributed by atoms with E-state index in [0.29, 0.717) is 12.5 Å². The molecule has 1 saturated carbocycles. The maximum Gasteiger partial charge on any atom is 0.0468 e. The first-order valence-corrected chi connectivity index (χ1v) is 8.56. The summed E-state index contributed by atoms with van der Waals surface area (Å²) in [4.78, 5) is 0. The molecule has 1 aromatic rings. The number of rotatable bonds is 2. The lowest BCUT2D eigenvalue weighted by molar-refractivity contribution is 0.265. The molecule has 0 aliphatic heterocycles. The van der Waals surface area contributed by atoms with Gasteiger partial charge in [0, 0.05) is 6.61 Å². The smallest absolute Gasteiger partial charge is 0.0468 e. The van der Waals surface area contributed by atoms with E-state index in [9.17, 15) is 5.11 Å². The second-order valence-electron chi connectivity index (χ2n) is 9.22. The van der Waals surface area contributed by atoms with Crippen molar-refractivity contribution in [2.24, 2.45) is 11.3 Å². The maximum absolute atomic E-state index is 9.49. The first-order valence-electron chi connectivity index (χ1n) is 8.56. The van der Waals surface area contributed by atoms with Gasteiger partial charge in [-0.05, 0) is 57.3 Å². The van der Waals surface area contributed by atoms with Crippen molar-refractivity contribution in [1.82, 2.24) is 0 Å². The van der Waals surface area contributed by atoms with Crippen LogP contribution in [0.1, 0.15) is 71.1 Å². The predicted octanol–water partition coefficient (Wildman–Crippen LogP) is 5.07. The zero-order valence-electron chi connectivity index (χ0n) is 15.0. The normalized spacial score (nSPS) is 29.8. The summed E-state index contributed by atoms with van der Waals surface area (Å²) in [6.45, 7) is 14.2. The highest BCUT2D eigenvalue weighted by atomic mass is 16.3. The minimum Gasteiger partial charge on any atom is -0.396 e. The first kappa shape index (κ1) is 15.8. The van der Waals surface area contributed by atoms with Crippen LogP contribution in [0.2, 0.25) is 0 Å². The third kappa shape index (κ3) is 2.34. The lowest BCUT2D eigenvalue weighted by Gasteiger charge is -2.37. The van der Waals surface area contributed by atoms with Crippen LogP contribution < -0.4 is 0 Å². The highest BCUT2D eigenvalue weighted by molar-refractivity contribution is 5.75. The molecule has 120 valence electrons. The molecule has 2 atom stereocenters. The molecule has 0 amide bonds. The molecule has 0 heterocycles. The van der Waals surface area contributed by atoms with Crippen LogP contribution in [-0.4, -0.2) is 11.7 Å². The van der Waals surface area contributed by atoms with Gasteiger partial charge in [-0.15, -0.1) is 0 Å². The second-order valence-corrected chi connectivity index (χ2v) is 9.22. The van der Waals surface area contributed by atoms with Crippen molar-refractivity contribution in [3.05, 3.63) is 41.0 Å². The Bertz CT molecular complexity index is 630. The number of hydrogen-bond acceptors (Lipinski definition) is 1. The standard InChI is InChI=1S/C21H30O/c1-19(2,3)17-9-10-20(4,5)18-8-7-14(11-16(17)18)21(6)12-15(21)13-22/h7-9,11,15,22H,10,12-13H2,1-6H3/t15-,21+/m0/s1. The summed E-state index contributed by atoms with van der Waals surface area (Å²) >= 11 is 0. The molecule has 3 rings (SSSR count). The van der Waals surface area contributed by atoms with Crippen molar-refractivity contribution in [1.29, 1.82) is 0 Å². The Labute approximate surface area is 135 Å². The molecule has 0 spiro atoms. The van der Waals surface area contributed by atoms with Crippen LogP contribution in [0.3, 0.4) is 0 Å². The SMILES string of the molecule is CC(C)(C)C1=CCC(C)(C)c2ccc([C@@]3(C)C[C@H]3CO)cc21. The van der Waals surface area contributed by atoms with Gasteiger partial charge in [0.15, 0.2) is 0 Å². The van der Waals surface area contributed by atoms with Crippen LogP contribution in [-0.2, 0) is 10.8 Å². The summed E-state index contributed by atoms with van der Waals surface area (Å²) in [7, 11) is 0. The molecule has 0 unspecified atom stereocenters. The average molecular weight is 298 g/mol. The van der Waals surface area contributed by atoms with E-state index in [2.05, 4.69) is 65.8 Å². The van der Waals surface area contributed by atoms with Crippen LogP contribution in [0.5, 0.6) is 0 Å². The Kier molecular flexibility index (Phi) is 3.38. The van der Waals surface area contributed by atoms with Crippen LogP contribution in [0, 0.1) is 11.3 Å². The monoisotopic (exact) mass is 298 g/mol. The fourth-order valence-electron chi connectivity index (χ4n) is 4.07. The highest BCUT2D eigenvalue weighted by Crippen LogP contribution is 2.55. The Morgan fingerprint density at radius 3 is 2.41 bits per heavy atom. The fraction of sp³-hybridized carbons (Fsp3) is 0.619. The van der Waals surface area contributed by atoms with Gasteiger partial charge in [-0.25, -0.2) is 0 Å². The molecule has 0 saturated heterocycles. The van der Waals surface area contributed by atoms with Gasteiger partial charge in [0.25, 0.3) is 0 Å². The van der Waals surface area contributed by atoms with Crippen LogP contribution >= 0.6 is 0 Å². The van der Waals surface area contributed by atoms with Gasteiger partial charge in [0.05, 0.1) is 0 Å². The lowest BCUT2D eigenvalue weighted by atomic mass is 9.67. The van der Waals surface area contributed by atoms with Crippen molar-refractivity contribution in [3.63, 3.8) is 0 Å². The zero-order chi connectivity index (χ0) is 16.3. The van der Waals surface area contributed by atoms with Gasteiger partial charge in [-0.2, -0.15) is 0 Å². The van der Waals surface area contributed by atoms with Gasteiger partial charge in [0.2, 0.25) is 0 Å². The van der Waals surface area contributed by atoms with Crippen LogP contribution in [0.25, 0.3) is 5.57 Å². The fourth-order valence-corrected chi connectivity index (χ4v) is 4.07. The molecule has 1 aromatic carbocycles. The van der Waals surface area contributed by atoms with E-state index in [1.807, 2.05) is 0 Å². The van der Waals surface area contributed by atoms with E-state index in [-0.39, 0.29) is 16.2 Å². The van der Waals surface area contributed by atoms with Crippen molar-refractivity contribution >= 4 is 5.57 Å². The van der Waals surface area contributed by atoms with E-state index in [0.717, 1.165) is 12.8 Å². The molecule has 0 bridgehead atoms. The first-order chi connectivity index (χ1) is 10.1. The number of aliphatic hydroxyl groups excluding tert-OH is 1. The van der Waals surface area contributed by atoms with E-state index in [4.69, 9.17) is 0 Å². The molecular formula is C21H30O. The molecule has 2 aliphatic carbocycles. The molecule has 1 N–H and O–H groups in total. The van der Waals surface area contributed by atoms with E-state index in [1.54, 1.807) is 0 Å². The maximum atomic E-state index is 9.49. The zero-order valence-corrected chi connectivity index (χ0v) is 15.0. The summed E-state index contributed by atoms with van der Waals surface area (Å²) in [6.07, 6.45) is 4.67. The number of aliphatic hydroxyl groups is 1. The minimum absolute atomic E-state index is 0.171. The highest BCUT2D eigenvalue weighted by Gasteiger charge is 2.51. The quantitative estimate of drug-likeness (QED) is 0.808. The number of benzene rings is 1. The van der Waals surface area contributed by atoms with Crippen LogP contribution in [0.4, 0.5) is 0 Å². The van der Waals surface area contributed by atoms with E-state index in [1.165, 1.54) is 22.3 Å². The van der Waals surface area contributed by atoms with Gasteiger partial charge < -0.3 is 5.11 Å². The summed E-state index contributed by atoms with van der Waals surface area (Å²) in [5, 5.41) is 9.49. The second kappa shape index (κ2) is 4.71. The average Bonchev–Trinajstić information content (AvgIpc) is 3.09. The van der Waals surface area contributed by atoms with Gasteiger partial charge in [-0.3, -0.25) is 0 Å². The van der Waals surface area contributed by atoms with Crippen molar-refractivity contribution in [2.45, 2.75) is 65.2 Å². The molecule has 1 fully saturated rings. The summed E-state index contributed by atoms with van der Waals surface area (Å²) in [5.74, 6) is 0.434. The molecule has 0 radical (unpaired) electrons. The van der Waals surface area contributed by atoms with Crippen molar-refractivity contribution < 1.29 is 5.11 Å². The third-order valence-electron chi connectivity index (χ3n) is 5.95. The molecule has 0 aromatic heterocycles. The Hall–Kier alpha value is -1.08. The topological polar surface area (TPSA) is 20.2 Å². The molecule has 2 aliphatic rings. The largest absolute Gasteiger partial charge is 0.396 e. The molecule has 22 heavy (non-hydrogen) atoms. The minimum atomic E-state index is 0.171. The molecular weight excluding hydrogens is 268 g/mol. The molecule has 1 heteroatoms. The van der Waals surface area contributed by atoms with Gasteiger partial charge >= 0.3 is 0 Å². The Balaban J connectivity index is 2.11. The third-order valence-corrected chi connectivity index (χ3v) is 5.95. The van der Waals surface area contributed by atoms with Crippen molar-refractivity contribution in [2.75, 3.05) is 6.61 Å². The number of hydrogen-bond donors (Lipinski definition) is 1. The summed E-state index contributed by atoms with van der Waals surface area (Å²) < 4.78 is 0. The Morgan fingerprint density at radius 1 is 1.18 bits per heavy atom. The summed E-state index contributed by atoms with van der Waals surface area (Å²) in [6, 6.07) is 7.08. The summed E-state index contributed by atoms with van der Waals surface area (Å²) in [5.41, 5.74) is 6.36. The molecule has 1 nitrogen and oxygen atoms in total. The Morgan fingerprint density at radius 2 is 1.86 bits per heavy atom. The van der Waals surface area contributed by atoms with Gasteiger partial charge in [-0.1, -0.05) is 65.8 Å². The van der Waals surface area contributed by atoms with Crippen molar-refractivity contribution in [3.8, 4) is 0 Å². The van der Waals surface area contributed by atoms with Gasteiger partial charge in [0.1, 0.15) is 0 Å².